The second-order valence-corrected chi connectivity index (χ2v) is 6.56. The van der Waals surface area contributed by atoms with E-state index < -0.39 is 0 Å². The second-order valence-electron chi connectivity index (χ2n) is 6.56. The van der Waals surface area contributed by atoms with Gasteiger partial charge in [0.25, 0.3) is 0 Å². The zero-order chi connectivity index (χ0) is 17.9. The van der Waals surface area contributed by atoms with Crippen molar-refractivity contribution in [1.29, 1.82) is 0 Å². The number of fused-ring (bicyclic) bond motifs is 1. The highest BCUT2D eigenvalue weighted by molar-refractivity contribution is 5.92. The minimum Gasteiger partial charge on any atom is -0.497 e. The minimum absolute atomic E-state index is 0.158. The summed E-state index contributed by atoms with van der Waals surface area (Å²) in [6, 6.07) is 13.9. The number of ether oxygens (including phenoxy) is 3. The van der Waals surface area contributed by atoms with Crippen molar-refractivity contribution >= 4 is 5.78 Å². The summed E-state index contributed by atoms with van der Waals surface area (Å²) >= 11 is 0. The molecule has 2 aliphatic rings. The van der Waals surface area contributed by atoms with E-state index in [-0.39, 0.29) is 18.5 Å². The van der Waals surface area contributed by atoms with Gasteiger partial charge >= 0.3 is 0 Å². The van der Waals surface area contributed by atoms with Crippen molar-refractivity contribution in [3.05, 3.63) is 65.4 Å². The highest BCUT2D eigenvalue weighted by atomic mass is 16.7. The number of hydrogen-bond acceptors (Lipinski definition) is 5. The Morgan fingerprint density at radius 3 is 2.69 bits per heavy atom. The Labute approximate surface area is 152 Å². The van der Waals surface area contributed by atoms with E-state index in [1.807, 2.05) is 42.5 Å². The molecule has 0 fully saturated rings. The Balaban J connectivity index is 1.42. The molecule has 1 N–H and O–H groups in total. The van der Waals surface area contributed by atoms with Gasteiger partial charge in [0.15, 0.2) is 17.3 Å². The Hall–Kier alpha value is -2.95. The van der Waals surface area contributed by atoms with Crippen molar-refractivity contribution < 1.29 is 19.0 Å². The van der Waals surface area contributed by atoms with Crippen LogP contribution in [0.25, 0.3) is 0 Å². The van der Waals surface area contributed by atoms with Gasteiger partial charge < -0.3 is 19.5 Å². The molecular formula is C21H21NO4. The summed E-state index contributed by atoms with van der Waals surface area (Å²) in [5.41, 5.74) is 3.23. The molecule has 5 heteroatoms. The first kappa shape index (κ1) is 16.5. The summed E-state index contributed by atoms with van der Waals surface area (Å²) in [6.45, 7) is 0.917. The summed E-state index contributed by atoms with van der Waals surface area (Å²) in [5, 5.41) is 3.40. The molecule has 26 heavy (non-hydrogen) atoms. The van der Waals surface area contributed by atoms with Crippen molar-refractivity contribution in [2.45, 2.75) is 25.3 Å². The number of carbonyl (C=O) groups excluding carboxylic acids is 1. The van der Waals surface area contributed by atoms with Crippen LogP contribution in [-0.2, 0) is 11.3 Å². The van der Waals surface area contributed by atoms with Gasteiger partial charge in [-0.25, -0.2) is 0 Å². The van der Waals surface area contributed by atoms with Gasteiger partial charge in [0.05, 0.1) is 7.11 Å². The van der Waals surface area contributed by atoms with E-state index in [1.54, 1.807) is 13.2 Å². The van der Waals surface area contributed by atoms with Gasteiger partial charge in [-0.05, 0) is 47.7 Å². The molecule has 134 valence electrons. The van der Waals surface area contributed by atoms with Crippen molar-refractivity contribution in [3.8, 4) is 17.2 Å². The number of nitrogens with one attached hydrogen (secondary N) is 1. The third-order valence-electron chi connectivity index (χ3n) is 4.79. The lowest BCUT2D eigenvalue weighted by atomic mass is 9.85. The maximum atomic E-state index is 12.2. The average molecular weight is 351 g/mol. The van der Waals surface area contributed by atoms with Crippen LogP contribution in [0.15, 0.2) is 54.2 Å². The van der Waals surface area contributed by atoms with Gasteiger partial charge in [0.1, 0.15) is 5.75 Å². The van der Waals surface area contributed by atoms with Crippen LogP contribution in [-0.4, -0.2) is 19.7 Å². The Morgan fingerprint density at radius 1 is 1.08 bits per heavy atom. The maximum absolute atomic E-state index is 12.2. The SMILES string of the molecule is COc1ccc([C@H]2CC(=O)C=C(NCc3ccc4c(c3)OCO4)C2)cc1. The molecule has 0 amide bonds. The Bertz CT molecular complexity index is 842. The standard InChI is InChI=1S/C21H21NO4/c1-24-19-5-3-15(4-6-19)16-9-17(11-18(23)10-16)22-12-14-2-7-20-21(8-14)26-13-25-20/h2-8,11,16,22H,9-10,12-13H2,1H3/t16-/m1/s1. The molecule has 0 saturated carbocycles. The molecule has 0 unspecified atom stereocenters. The maximum Gasteiger partial charge on any atom is 0.231 e. The Morgan fingerprint density at radius 2 is 1.88 bits per heavy atom. The summed E-state index contributed by atoms with van der Waals surface area (Å²) in [7, 11) is 1.65. The lowest BCUT2D eigenvalue weighted by molar-refractivity contribution is -0.115. The molecule has 2 aromatic carbocycles. The first-order valence-electron chi connectivity index (χ1n) is 8.71. The summed E-state index contributed by atoms with van der Waals surface area (Å²) in [4.78, 5) is 12.2. The third-order valence-corrected chi connectivity index (χ3v) is 4.79. The number of hydrogen-bond donors (Lipinski definition) is 1. The number of allylic oxidation sites excluding steroid dienone is 2. The first-order valence-corrected chi connectivity index (χ1v) is 8.71. The molecule has 4 rings (SSSR count). The molecule has 5 nitrogen and oxygen atoms in total. The Kier molecular flexibility index (Phi) is 4.52. The van der Waals surface area contributed by atoms with Crippen LogP contribution in [0.2, 0.25) is 0 Å². The van der Waals surface area contributed by atoms with Crippen molar-refractivity contribution in [3.63, 3.8) is 0 Å². The van der Waals surface area contributed by atoms with Crippen LogP contribution in [0.5, 0.6) is 17.2 Å². The molecule has 2 aromatic rings. The minimum atomic E-state index is 0.158. The van der Waals surface area contributed by atoms with E-state index in [2.05, 4.69) is 5.32 Å². The molecule has 1 heterocycles. The summed E-state index contributed by atoms with van der Waals surface area (Å²) in [5.74, 6) is 2.73. The third kappa shape index (κ3) is 3.52. The van der Waals surface area contributed by atoms with Crippen LogP contribution in [0, 0.1) is 0 Å². The first-order chi connectivity index (χ1) is 12.7. The number of rotatable bonds is 5. The highest BCUT2D eigenvalue weighted by Gasteiger charge is 2.22. The van der Waals surface area contributed by atoms with E-state index in [9.17, 15) is 4.79 Å². The smallest absolute Gasteiger partial charge is 0.231 e. The van der Waals surface area contributed by atoms with E-state index in [0.29, 0.717) is 13.0 Å². The predicted molar refractivity (Wildman–Crippen MR) is 97.5 cm³/mol. The van der Waals surface area contributed by atoms with Crippen LogP contribution < -0.4 is 19.5 Å². The van der Waals surface area contributed by atoms with Crippen LogP contribution in [0.4, 0.5) is 0 Å². The lowest BCUT2D eigenvalue weighted by Gasteiger charge is -2.23. The monoisotopic (exact) mass is 351 g/mol. The van der Waals surface area contributed by atoms with E-state index >= 15 is 0 Å². The molecule has 0 spiro atoms. The fourth-order valence-corrected chi connectivity index (χ4v) is 3.39. The second kappa shape index (κ2) is 7.12. The topological polar surface area (TPSA) is 56.8 Å². The van der Waals surface area contributed by atoms with E-state index in [1.165, 1.54) is 0 Å². The fraction of sp³-hybridized carbons (Fsp3) is 0.286. The average Bonchev–Trinajstić information content (AvgIpc) is 3.14. The molecule has 0 radical (unpaired) electrons. The molecule has 1 atom stereocenters. The zero-order valence-electron chi connectivity index (χ0n) is 14.7. The number of methoxy groups -OCH3 is 1. The lowest BCUT2D eigenvalue weighted by Crippen LogP contribution is -2.21. The largest absolute Gasteiger partial charge is 0.497 e. The van der Waals surface area contributed by atoms with Gasteiger partial charge in [0, 0.05) is 24.7 Å². The molecule has 0 bridgehead atoms. The van der Waals surface area contributed by atoms with Crippen molar-refractivity contribution in [1.82, 2.24) is 5.32 Å². The summed E-state index contributed by atoms with van der Waals surface area (Å²) in [6.07, 6.45) is 3.09. The van der Waals surface area contributed by atoms with Crippen LogP contribution in [0.1, 0.15) is 29.9 Å². The van der Waals surface area contributed by atoms with E-state index in [4.69, 9.17) is 14.2 Å². The van der Waals surface area contributed by atoms with Gasteiger partial charge in [-0.3, -0.25) is 4.79 Å². The number of benzene rings is 2. The normalized spacial score (nSPS) is 18.4. The quantitative estimate of drug-likeness (QED) is 0.893. The van der Waals surface area contributed by atoms with Gasteiger partial charge in [-0.15, -0.1) is 0 Å². The van der Waals surface area contributed by atoms with Gasteiger partial charge in [-0.1, -0.05) is 18.2 Å². The molecular weight excluding hydrogens is 330 g/mol. The van der Waals surface area contributed by atoms with E-state index in [0.717, 1.165) is 40.5 Å². The zero-order valence-corrected chi connectivity index (χ0v) is 14.7. The van der Waals surface area contributed by atoms with Crippen molar-refractivity contribution in [2.75, 3.05) is 13.9 Å². The molecule has 1 aliphatic heterocycles. The van der Waals surface area contributed by atoms with Gasteiger partial charge in [-0.2, -0.15) is 0 Å². The summed E-state index contributed by atoms with van der Waals surface area (Å²) < 4.78 is 16.0. The number of carbonyl (C=O) groups is 1. The highest BCUT2D eigenvalue weighted by Crippen LogP contribution is 2.33. The number of ketones is 1. The van der Waals surface area contributed by atoms with Crippen LogP contribution in [0.3, 0.4) is 0 Å². The van der Waals surface area contributed by atoms with Crippen molar-refractivity contribution in [2.24, 2.45) is 0 Å². The van der Waals surface area contributed by atoms with Crippen LogP contribution >= 0.6 is 0 Å². The van der Waals surface area contributed by atoms with Gasteiger partial charge in [0.2, 0.25) is 6.79 Å². The predicted octanol–water partition coefficient (Wildman–Crippen LogP) is 3.54. The molecule has 0 aromatic heterocycles. The molecule has 0 saturated heterocycles. The molecule has 1 aliphatic carbocycles. The fourth-order valence-electron chi connectivity index (χ4n) is 3.39.